The first-order valence-corrected chi connectivity index (χ1v) is 18.6. The predicted molar refractivity (Wildman–Crippen MR) is 187 cm³/mol. The fourth-order valence-electron chi connectivity index (χ4n) is 12.5. The average molecular weight is 679 g/mol. The Morgan fingerprint density at radius 3 is 2.21 bits per heavy atom. The number of halogens is 1. The summed E-state index contributed by atoms with van der Waals surface area (Å²) in [4.78, 5) is 52.3. The lowest BCUT2D eigenvalue weighted by Crippen LogP contribution is -2.65. The number of ketones is 1. The molecule has 0 aliphatic heterocycles. The molecule has 6 rings (SSSR count). The van der Waals surface area contributed by atoms with E-state index in [1.165, 1.54) is 12.5 Å². The third kappa shape index (κ3) is 5.27. The number of hydrazine groups is 1. The maximum absolute atomic E-state index is 13.9. The standard InChI is InChI=1S/C40H55ClN2O5/c1-23(2)33-28(45)21-40(22-32(46)42-43-35(47)25-9-11-26(41)12-10-25)20-19-38(7)27(34(33)40)13-14-30-37(6)17-16-31(48-24(3)44)36(4,5)29(37)15-18-39(30,38)8/h9-12,23,27,29-31H,13-22H2,1-8H3,(H,42,46)(H,43,47)/t27-,29+,30-,31+,37+,38-,39-,40?/m1/s1. The summed E-state index contributed by atoms with van der Waals surface area (Å²) in [5.74, 6) is 0.644. The third-order valence-electron chi connectivity index (χ3n) is 14.7. The first-order chi connectivity index (χ1) is 22.4. The Bertz CT molecular complexity index is 1550. The number of allylic oxidation sites excluding steroid dienone is 2. The number of Topliss-reactive ketones (excluding diaryl/α,β-unsaturated/α-hetero) is 1. The first-order valence-electron chi connectivity index (χ1n) is 18.2. The molecule has 0 radical (unpaired) electrons. The smallest absolute Gasteiger partial charge is 0.302 e. The minimum atomic E-state index is -0.523. The molecule has 0 heterocycles. The number of benzene rings is 1. The minimum absolute atomic E-state index is 0.0103. The van der Waals surface area contributed by atoms with Crippen molar-refractivity contribution in [2.75, 3.05) is 0 Å². The van der Waals surface area contributed by atoms with E-state index in [2.05, 4.69) is 59.3 Å². The molecular weight excluding hydrogens is 624 g/mol. The Balaban J connectivity index is 1.28. The van der Waals surface area contributed by atoms with E-state index in [1.807, 2.05) is 0 Å². The van der Waals surface area contributed by atoms with E-state index in [1.54, 1.807) is 24.3 Å². The second-order valence-electron chi connectivity index (χ2n) is 17.6. The van der Waals surface area contributed by atoms with Crippen LogP contribution in [0.15, 0.2) is 35.4 Å². The van der Waals surface area contributed by atoms with Crippen LogP contribution < -0.4 is 10.9 Å². The summed E-state index contributed by atoms with van der Waals surface area (Å²) in [5.41, 5.74) is 7.44. The van der Waals surface area contributed by atoms with E-state index in [0.29, 0.717) is 28.8 Å². The van der Waals surface area contributed by atoms with Gasteiger partial charge in [-0.15, -0.1) is 0 Å². The lowest BCUT2D eigenvalue weighted by atomic mass is 9.33. The van der Waals surface area contributed by atoms with Crippen LogP contribution in [0.1, 0.15) is 130 Å². The molecule has 2 amide bonds. The second-order valence-corrected chi connectivity index (χ2v) is 18.1. The number of hydrogen-bond donors (Lipinski definition) is 2. The van der Waals surface area contributed by atoms with Crippen LogP contribution in [0.25, 0.3) is 0 Å². The van der Waals surface area contributed by atoms with Gasteiger partial charge in [0, 0.05) is 41.2 Å². The third-order valence-corrected chi connectivity index (χ3v) is 15.0. The zero-order valence-electron chi connectivity index (χ0n) is 30.2. The van der Waals surface area contributed by atoms with Crippen molar-refractivity contribution in [2.45, 2.75) is 126 Å². The molecule has 262 valence electrons. The fraction of sp³-hybridized carbons (Fsp3) is 0.700. The van der Waals surface area contributed by atoms with Gasteiger partial charge < -0.3 is 4.74 Å². The van der Waals surface area contributed by atoms with Crippen LogP contribution in [0.4, 0.5) is 0 Å². The van der Waals surface area contributed by atoms with E-state index < -0.39 is 11.3 Å². The SMILES string of the molecule is CC(=O)O[C@H]1CC[C@]2(C)[C@H]3CC[C@@H]4C5=C(C(C)C)C(=O)CC5(CC(=O)NNC(=O)c5ccc(Cl)cc5)CC[C@@]4(C)[C@]3(C)CC[C@H]2C1(C)C. The number of hydrogen-bond acceptors (Lipinski definition) is 5. The highest BCUT2D eigenvalue weighted by molar-refractivity contribution is 6.30. The van der Waals surface area contributed by atoms with Gasteiger partial charge in [-0.25, -0.2) is 0 Å². The molecule has 8 atom stereocenters. The molecule has 4 fully saturated rings. The monoisotopic (exact) mass is 678 g/mol. The normalized spacial score (nSPS) is 38.3. The lowest BCUT2D eigenvalue weighted by molar-refractivity contribution is -0.232. The Labute approximate surface area is 291 Å². The quantitative estimate of drug-likeness (QED) is 0.241. The van der Waals surface area contributed by atoms with Crippen LogP contribution in [-0.4, -0.2) is 29.7 Å². The molecule has 1 aromatic carbocycles. The highest BCUT2D eigenvalue weighted by atomic mass is 35.5. The molecule has 7 nitrogen and oxygen atoms in total. The van der Waals surface area contributed by atoms with Gasteiger partial charge in [-0.2, -0.15) is 0 Å². The number of carbonyl (C=O) groups excluding carboxylic acids is 4. The molecule has 0 bridgehead atoms. The molecule has 1 aromatic rings. The van der Waals surface area contributed by atoms with Crippen LogP contribution in [-0.2, 0) is 19.1 Å². The lowest BCUT2D eigenvalue weighted by Gasteiger charge is -2.72. The summed E-state index contributed by atoms with van der Waals surface area (Å²) in [5, 5.41) is 0.533. The zero-order chi connectivity index (χ0) is 35.0. The van der Waals surface area contributed by atoms with E-state index in [-0.39, 0.29) is 63.7 Å². The van der Waals surface area contributed by atoms with Gasteiger partial charge in [-0.05, 0) is 121 Å². The summed E-state index contributed by atoms with van der Waals surface area (Å²) in [7, 11) is 0. The van der Waals surface area contributed by atoms with Crippen molar-refractivity contribution in [2.24, 2.45) is 50.7 Å². The van der Waals surface area contributed by atoms with E-state index in [9.17, 15) is 19.2 Å². The Morgan fingerprint density at radius 1 is 0.875 bits per heavy atom. The maximum Gasteiger partial charge on any atom is 0.302 e. The summed E-state index contributed by atoms with van der Waals surface area (Å²) in [6.07, 6.45) is 8.55. The number of amides is 2. The van der Waals surface area contributed by atoms with Crippen molar-refractivity contribution in [1.29, 1.82) is 0 Å². The minimum Gasteiger partial charge on any atom is -0.462 e. The Morgan fingerprint density at radius 2 is 1.56 bits per heavy atom. The van der Waals surface area contributed by atoms with Crippen molar-refractivity contribution >= 4 is 35.2 Å². The largest absolute Gasteiger partial charge is 0.462 e. The maximum atomic E-state index is 13.9. The van der Waals surface area contributed by atoms with Crippen molar-refractivity contribution in [3.63, 3.8) is 0 Å². The van der Waals surface area contributed by atoms with Crippen LogP contribution in [0.2, 0.25) is 5.02 Å². The van der Waals surface area contributed by atoms with Gasteiger partial charge in [0.1, 0.15) is 6.10 Å². The van der Waals surface area contributed by atoms with Gasteiger partial charge in [0.15, 0.2) is 5.78 Å². The van der Waals surface area contributed by atoms with E-state index >= 15 is 0 Å². The number of carbonyl (C=O) groups is 4. The molecule has 48 heavy (non-hydrogen) atoms. The number of esters is 1. The Hall–Kier alpha value is -2.67. The highest BCUT2D eigenvalue weighted by Gasteiger charge is 2.70. The fourth-order valence-corrected chi connectivity index (χ4v) is 12.6. The van der Waals surface area contributed by atoms with Crippen LogP contribution in [0.5, 0.6) is 0 Å². The van der Waals surface area contributed by atoms with Crippen molar-refractivity contribution in [3.05, 3.63) is 46.0 Å². The topological polar surface area (TPSA) is 102 Å². The van der Waals surface area contributed by atoms with Gasteiger partial charge in [0.25, 0.3) is 5.91 Å². The first kappa shape index (κ1) is 35.2. The molecule has 0 spiro atoms. The van der Waals surface area contributed by atoms with Crippen molar-refractivity contribution < 1.29 is 23.9 Å². The molecular formula is C40H55ClN2O5. The summed E-state index contributed by atoms with van der Waals surface area (Å²) >= 11 is 5.97. The number of ether oxygens (including phenoxy) is 1. The highest BCUT2D eigenvalue weighted by Crippen LogP contribution is 2.77. The molecule has 0 aromatic heterocycles. The van der Waals surface area contributed by atoms with Crippen LogP contribution in [0.3, 0.4) is 0 Å². The van der Waals surface area contributed by atoms with E-state index in [4.69, 9.17) is 16.3 Å². The number of nitrogens with one attached hydrogen (secondary N) is 2. The molecule has 8 heteroatoms. The second kappa shape index (κ2) is 12.0. The predicted octanol–water partition coefficient (Wildman–Crippen LogP) is 8.40. The van der Waals surface area contributed by atoms with Gasteiger partial charge in [-0.3, -0.25) is 30.0 Å². The average Bonchev–Trinajstić information content (AvgIpc) is 3.29. The van der Waals surface area contributed by atoms with Crippen LogP contribution in [0, 0.1) is 50.7 Å². The number of rotatable bonds is 5. The van der Waals surface area contributed by atoms with Crippen molar-refractivity contribution in [3.8, 4) is 0 Å². The van der Waals surface area contributed by atoms with E-state index in [0.717, 1.165) is 56.9 Å². The summed E-state index contributed by atoms with van der Waals surface area (Å²) < 4.78 is 5.92. The summed E-state index contributed by atoms with van der Waals surface area (Å²) in [6.45, 7) is 18.0. The van der Waals surface area contributed by atoms with Gasteiger partial charge in [0.2, 0.25) is 5.91 Å². The molecule has 5 aliphatic rings. The number of fused-ring (bicyclic) bond motifs is 7. The molecule has 5 aliphatic carbocycles. The molecule has 0 saturated heterocycles. The Kier molecular flexibility index (Phi) is 8.78. The molecule has 4 saturated carbocycles. The zero-order valence-corrected chi connectivity index (χ0v) is 30.9. The van der Waals surface area contributed by atoms with Crippen LogP contribution >= 0.6 is 11.6 Å². The molecule has 1 unspecified atom stereocenters. The molecule has 2 N–H and O–H groups in total. The van der Waals surface area contributed by atoms with Gasteiger partial charge >= 0.3 is 5.97 Å². The summed E-state index contributed by atoms with van der Waals surface area (Å²) in [6, 6.07) is 6.52. The van der Waals surface area contributed by atoms with Gasteiger partial charge in [0.05, 0.1) is 0 Å². The van der Waals surface area contributed by atoms with Crippen molar-refractivity contribution in [1.82, 2.24) is 10.9 Å². The van der Waals surface area contributed by atoms with Gasteiger partial charge in [-0.1, -0.05) is 65.6 Å².